The van der Waals surface area contributed by atoms with E-state index in [1.807, 2.05) is 0 Å². The molecule has 11 nitrogen and oxygen atoms in total. The summed E-state index contributed by atoms with van der Waals surface area (Å²) in [4.78, 5) is 47.9. The molecule has 1 aliphatic rings. The van der Waals surface area contributed by atoms with Gasteiger partial charge in [0.25, 0.3) is 17.5 Å². The number of aryl methyl sites for hydroxylation is 1. The van der Waals surface area contributed by atoms with Gasteiger partial charge in [-0.1, -0.05) is 29.8 Å². The predicted octanol–water partition coefficient (Wildman–Crippen LogP) is 3.69. The first-order valence-corrected chi connectivity index (χ1v) is 11.2. The minimum absolute atomic E-state index is 0.000862. The molecule has 184 valence electrons. The van der Waals surface area contributed by atoms with Crippen molar-refractivity contribution in [1.82, 2.24) is 16.3 Å². The van der Waals surface area contributed by atoms with Crippen LogP contribution in [-0.4, -0.2) is 28.4 Å². The molecule has 0 bridgehead atoms. The van der Waals surface area contributed by atoms with Gasteiger partial charge < -0.3 is 4.42 Å². The number of hydrazone groups is 1. The number of nitrogens with one attached hydrogen (secondary N) is 3. The molecule has 0 aliphatic heterocycles. The number of non-ortho nitro benzene ring substituents is 1. The highest BCUT2D eigenvalue weighted by Gasteiger charge is 2.28. The smallest absolute Gasteiger partial charge is 0.305 e. The van der Waals surface area contributed by atoms with Gasteiger partial charge in [0.1, 0.15) is 5.76 Å². The maximum Gasteiger partial charge on any atom is 0.305 e. The molecule has 4 rings (SSSR count). The van der Waals surface area contributed by atoms with Crippen molar-refractivity contribution >= 4 is 40.7 Å². The third-order valence-corrected chi connectivity index (χ3v) is 5.88. The number of halogens is 1. The summed E-state index contributed by atoms with van der Waals surface area (Å²) >= 11 is 6.01. The van der Waals surface area contributed by atoms with E-state index >= 15 is 0 Å². The van der Waals surface area contributed by atoms with E-state index in [9.17, 15) is 24.5 Å². The summed E-state index contributed by atoms with van der Waals surface area (Å²) in [6.45, 7) is 1.68. The number of amides is 3. The van der Waals surface area contributed by atoms with Crippen LogP contribution in [0.2, 0.25) is 5.02 Å². The molecular formula is C24H20ClN5O6. The SMILES string of the molecule is Cc1c(C(=O)NNC(=O)c2ccccc2Cl)oc2c1/C(=N/NC(=O)c1cccc([N+](=O)[O-])c1)CCC2. The number of fused-ring (bicyclic) bond motifs is 1. The van der Waals surface area contributed by atoms with Crippen molar-refractivity contribution in [3.63, 3.8) is 0 Å². The maximum atomic E-state index is 12.7. The van der Waals surface area contributed by atoms with Crippen molar-refractivity contribution in [1.29, 1.82) is 0 Å². The fraction of sp³-hybridized carbons (Fsp3) is 0.167. The van der Waals surface area contributed by atoms with Crippen molar-refractivity contribution in [2.75, 3.05) is 0 Å². The number of carbonyl (C=O) groups excluding carboxylic acids is 3. The second-order valence-corrected chi connectivity index (χ2v) is 8.31. The van der Waals surface area contributed by atoms with E-state index in [0.29, 0.717) is 41.9 Å². The minimum Gasteiger partial charge on any atom is -0.455 e. The zero-order valence-electron chi connectivity index (χ0n) is 19.0. The number of carbonyl (C=O) groups is 3. The first-order valence-electron chi connectivity index (χ1n) is 10.9. The first-order chi connectivity index (χ1) is 17.3. The molecule has 3 N–H and O–H groups in total. The lowest BCUT2D eigenvalue weighted by Gasteiger charge is -2.13. The van der Waals surface area contributed by atoms with Crippen LogP contribution in [0.4, 0.5) is 5.69 Å². The van der Waals surface area contributed by atoms with Crippen molar-refractivity contribution in [2.24, 2.45) is 5.10 Å². The number of furan rings is 1. The molecule has 0 saturated heterocycles. The molecule has 2 aromatic carbocycles. The van der Waals surface area contributed by atoms with Crippen molar-refractivity contribution in [3.8, 4) is 0 Å². The third-order valence-electron chi connectivity index (χ3n) is 5.55. The summed E-state index contributed by atoms with van der Waals surface area (Å²) in [5.41, 5.74) is 8.73. The molecule has 36 heavy (non-hydrogen) atoms. The summed E-state index contributed by atoms with van der Waals surface area (Å²) in [5.74, 6) is -1.33. The second-order valence-electron chi connectivity index (χ2n) is 7.90. The van der Waals surface area contributed by atoms with Crippen LogP contribution in [0.25, 0.3) is 0 Å². The van der Waals surface area contributed by atoms with Crippen LogP contribution in [-0.2, 0) is 6.42 Å². The molecule has 0 atom stereocenters. The standard InChI is InChI=1S/C24H20ClN5O6/c1-13-20-18(26-27-22(31)14-6-4-7-15(12-14)30(34)35)10-5-11-19(20)36-21(13)24(33)29-28-23(32)16-8-2-3-9-17(16)25/h2-4,6-9,12H,5,10-11H2,1H3,(H,27,31)(H,28,32)(H,29,33)/b26-18+. The van der Waals surface area contributed by atoms with Crippen LogP contribution in [0.3, 0.4) is 0 Å². The fourth-order valence-corrected chi connectivity index (χ4v) is 4.04. The van der Waals surface area contributed by atoms with Crippen LogP contribution < -0.4 is 16.3 Å². The number of nitrogens with zero attached hydrogens (tertiary/aromatic N) is 2. The number of nitro benzene ring substituents is 1. The Labute approximate surface area is 209 Å². The van der Waals surface area contributed by atoms with Crippen LogP contribution in [0.15, 0.2) is 58.0 Å². The fourth-order valence-electron chi connectivity index (χ4n) is 3.82. The highest BCUT2D eigenvalue weighted by Crippen LogP contribution is 2.30. The minimum atomic E-state index is -0.665. The van der Waals surface area contributed by atoms with Gasteiger partial charge in [-0.15, -0.1) is 0 Å². The van der Waals surface area contributed by atoms with Gasteiger partial charge in [-0.3, -0.25) is 35.3 Å². The third kappa shape index (κ3) is 5.10. The van der Waals surface area contributed by atoms with E-state index in [4.69, 9.17) is 16.0 Å². The first kappa shape index (κ1) is 24.6. The molecule has 1 aromatic heterocycles. The monoisotopic (exact) mass is 509 g/mol. The van der Waals surface area contributed by atoms with E-state index < -0.39 is 22.6 Å². The molecule has 0 unspecified atom stereocenters. The van der Waals surface area contributed by atoms with E-state index in [0.717, 1.165) is 6.07 Å². The van der Waals surface area contributed by atoms with E-state index in [1.54, 1.807) is 25.1 Å². The van der Waals surface area contributed by atoms with Gasteiger partial charge in [-0.2, -0.15) is 5.10 Å². The topological polar surface area (TPSA) is 156 Å². The molecule has 1 heterocycles. The van der Waals surface area contributed by atoms with Gasteiger partial charge >= 0.3 is 5.91 Å². The molecule has 0 fully saturated rings. The van der Waals surface area contributed by atoms with E-state index in [1.165, 1.54) is 24.3 Å². The Bertz CT molecular complexity index is 1410. The zero-order valence-corrected chi connectivity index (χ0v) is 19.7. The normalized spacial score (nSPS) is 13.6. The molecule has 12 heteroatoms. The van der Waals surface area contributed by atoms with Gasteiger partial charge in [0.05, 0.1) is 21.2 Å². The number of nitro groups is 1. The summed E-state index contributed by atoms with van der Waals surface area (Å²) in [7, 11) is 0. The highest BCUT2D eigenvalue weighted by atomic mass is 35.5. The summed E-state index contributed by atoms with van der Waals surface area (Å²) in [6.07, 6.45) is 1.76. The largest absolute Gasteiger partial charge is 0.455 e. The average Bonchev–Trinajstić information content (AvgIpc) is 3.23. The Morgan fingerprint density at radius 2 is 1.78 bits per heavy atom. The molecular weight excluding hydrogens is 490 g/mol. The van der Waals surface area contributed by atoms with Crippen molar-refractivity contribution in [3.05, 3.63) is 97.4 Å². The molecule has 0 saturated carbocycles. The molecule has 0 radical (unpaired) electrons. The van der Waals surface area contributed by atoms with Gasteiger partial charge in [0, 0.05) is 35.2 Å². The van der Waals surface area contributed by atoms with Crippen LogP contribution in [0, 0.1) is 17.0 Å². The van der Waals surface area contributed by atoms with Gasteiger partial charge in [0.2, 0.25) is 0 Å². The van der Waals surface area contributed by atoms with Gasteiger partial charge in [-0.05, 0) is 38.0 Å². The Hall–Kier alpha value is -4.51. The molecule has 3 aromatic rings. The Morgan fingerprint density at radius 1 is 1.03 bits per heavy atom. The quantitative estimate of drug-likeness (QED) is 0.351. The van der Waals surface area contributed by atoms with E-state index in [-0.39, 0.29) is 27.6 Å². The maximum absolute atomic E-state index is 12.7. The lowest BCUT2D eigenvalue weighted by molar-refractivity contribution is -0.384. The number of hydrazine groups is 1. The van der Waals surface area contributed by atoms with E-state index in [2.05, 4.69) is 21.4 Å². The average molecular weight is 510 g/mol. The number of rotatable bonds is 5. The number of hydrogen-bond donors (Lipinski definition) is 3. The lowest BCUT2D eigenvalue weighted by atomic mass is 9.93. The van der Waals surface area contributed by atoms with Crippen molar-refractivity contribution < 1.29 is 23.7 Å². The molecule has 3 amide bonds. The Balaban J connectivity index is 1.49. The Kier molecular flexibility index (Phi) is 7.11. The summed E-state index contributed by atoms with van der Waals surface area (Å²) in [6, 6.07) is 11.7. The molecule has 1 aliphatic carbocycles. The predicted molar refractivity (Wildman–Crippen MR) is 130 cm³/mol. The number of benzene rings is 2. The Morgan fingerprint density at radius 3 is 2.53 bits per heavy atom. The van der Waals surface area contributed by atoms with Gasteiger partial charge in [-0.25, -0.2) is 5.43 Å². The van der Waals surface area contributed by atoms with Crippen LogP contribution >= 0.6 is 11.6 Å². The zero-order chi connectivity index (χ0) is 25.8. The summed E-state index contributed by atoms with van der Waals surface area (Å²) in [5, 5.41) is 15.4. The van der Waals surface area contributed by atoms with Crippen molar-refractivity contribution in [2.45, 2.75) is 26.2 Å². The highest BCUT2D eigenvalue weighted by molar-refractivity contribution is 6.33. The van der Waals surface area contributed by atoms with Gasteiger partial charge in [0.15, 0.2) is 5.76 Å². The van der Waals surface area contributed by atoms with Crippen LogP contribution in [0.1, 0.15) is 61.0 Å². The second kappa shape index (κ2) is 10.4. The summed E-state index contributed by atoms with van der Waals surface area (Å²) < 4.78 is 5.77. The molecule has 0 spiro atoms. The lowest BCUT2D eigenvalue weighted by Crippen LogP contribution is -2.41. The van der Waals surface area contributed by atoms with Crippen LogP contribution in [0.5, 0.6) is 0 Å². The number of hydrogen-bond acceptors (Lipinski definition) is 7.